The molecule has 0 atom stereocenters. The van der Waals surface area contributed by atoms with Crippen molar-refractivity contribution in [2.45, 2.75) is 45.4 Å². The van der Waals surface area contributed by atoms with Gasteiger partial charge in [0.05, 0.1) is 0 Å². The molecule has 2 N–H and O–H groups in total. The Bertz CT molecular complexity index is 228. The van der Waals surface area contributed by atoms with Crippen molar-refractivity contribution in [1.29, 1.82) is 0 Å². The first-order chi connectivity index (χ1) is 8.72. The lowest BCUT2D eigenvalue weighted by molar-refractivity contribution is 0.195. The Morgan fingerprint density at radius 1 is 1.17 bits per heavy atom. The van der Waals surface area contributed by atoms with Crippen LogP contribution in [0.4, 0.5) is 0 Å². The third kappa shape index (κ3) is 7.17. The van der Waals surface area contributed by atoms with E-state index in [1.165, 1.54) is 32.1 Å². The molecule has 0 aliphatic heterocycles. The SMILES string of the molecule is COCCCNC(=S)NCCC1CCC(C)CC1. The molecule has 0 spiro atoms. The van der Waals surface area contributed by atoms with Gasteiger partial charge in [-0.05, 0) is 36.9 Å². The minimum Gasteiger partial charge on any atom is -0.385 e. The molecule has 4 heteroatoms. The molecule has 0 heterocycles. The van der Waals surface area contributed by atoms with Gasteiger partial charge in [0.25, 0.3) is 0 Å². The van der Waals surface area contributed by atoms with Gasteiger partial charge in [-0.1, -0.05) is 32.6 Å². The Kier molecular flexibility index (Phi) is 8.34. The van der Waals surface area contributed by atoms with Crippen LogP contribution in [0.3, 0.4) is 0 Å². The largest absolute Gasteiger partial charge is 0.385 e. The summed E-state index contributed by atoms with van der Waals surface area (Å²) in [5.74, 6) is 1.85. The summed E-state index contributed by atoms with van der Waals surface area (Å²) in [7, 11) is 1.72. The molecule has 3 nitrogen and oxygen atoms in total. The van der Waals surface area contributed by atoms with Crippen molar-refractivity contribution in [3.63, 3.8) is 0 Å². The molecule has 0 unspecified atom stereocenters. The molecule has 1 aliphatic carbocycles. The summed E-state index contributed by atoms with van der Waals surface area (Å²) in [5.41, 5.74) is 0. The van der Waals surface area contributed by atoms with Crippen LogP contribution in [-0.2, 0) is 4.74 Å². The zero-order valence-electron chi connectivity index (χ0n) is 11.8. The molecule has 1 aliphatic rings. The van der Waals surface area contributed by atoms with Gasteiger partial charge in [0.2, 0.25) is 0 Å². The van der Waals surface area contributed by atoms with Crippen LogP contribution in [0.5, 0.6) is 0 Å². The molecule has 0 aromatic carbocycles. The van der Waals surface area contributed by atoms with Gasteiger partial charge in [0.1, 0.15) is 0 Å². The molecule has 0 aromatic heterocycles. The molecule has 1 fully saturated rings. The highest BCUT2D eigenvalue weighted by Gasteiger charge is 2.17. The number of rotatable bonds is 7. The molecule has 0 amide bonds. The van der Waals surface area contributed by atoms with Crippen molar-refractivity contribution in [2.24, 2.45) is 11.8 Å². The Hall–Kier alpha value is -0.350. The molecule has 0 saturated heterocycles. The highest BCUT2D eigenvalue weighted by Crippen LogP contribution is 2.29. The van der Waals surface area contributed by atoms with Crippen molar-refractivity contribution >= 4 is 17.3 Å². The lowest BCUT2D eigenvalue weighted by atomic mass is 9.81. The van der Waals surface area contributed by atoms with E-state index in [-0.39, 0.29) is 0 Å². The maximum absolute atomic E-state index is 5.23. The Morgan fingerprint density at radius 2 is 1.83 bits per heavy atom. The molecule has 1 saturated carbocycles. The summed E-state index contributed by atoms with van der Waals surface area (Å²) in [6.45, 7) is 5.05. The Balaban J connectivity index is 1.95. The van der Waals surface area contributed by atoms with E-state index in [1.807, 2.05) is 0 Å². The topological polar surface area (TPSA) is 33.3 Å². The second-order valence-corrected chi connectivity index (χ2v) is 5.85. The number of hydrogen-bond donors (Lipinski definition) is 2. The normalized spacial score (nSPS) is 23.7. The van der Waals surface area contributed by atoms with Crippen LogP contribution >= 0.6 is 12.2 Å². The first-order valence-corrected chi connectivity index (χ1v) is 7.63. The van der Waals surface area contributed by atoms with Gasteiger partial charge in [0.15, 0.2) is 5.11 Å². The second kappa shape index (κ2) is 9.56. The zero-order valence-corrected chi connectivity index (χ0v) is 12.7. The van der Waals surface area contributed by atoms with Crippen LogP contribution in [0, 0.1) is 11.8 Å². The lowest BCUT2D eigenvalue weighted by Crippen LogP contribution is -2.37. The van der Waals surface area contributed by atoms with Crippen LogP contribution in [0.25, 0.3) is 0 Å². The average Bonchev–Trinajstić information content (AvgIpc) is 2.37. The van der Waals surface area contributed by atoms with Crippen LogP contribution in [0.1, 0.15) is 45.4 Å². The first kappa shape index (κ1) is 15.7. The maximum atomic E-state index is 5.23. The van der Waals surface area contributed by atoms with E-state index in [4.69, 9.17) is 17.0 Å². The molecule has 0 bridgehead atoms. The van der Waals surface area contributed by atoms with E-state index in [0.717, 1.165) is 43.1 Å². The molecule has 1 rings (SSSR count). The van der Waals surface area contributed by atoms with E-state index in [1.54, 1.807) is 7.11 Å². The van der Waals surface area contributed by atoms with E-state index >= 15 is 0 Å². The van der Waals surface area contributed by atoms with Crippen molar-refractivity contribution in [3.8, 4) is 0 Å². The fourth-order valence-corrected chi connectivity index (χ4v) is 2.69. The standard InChI is InChI=1S/C14H28N2OS/c1-12-4-6-13(7-5-12)8-10-16-14(18)15-9-3-11-17-2/h12-13H,3-11H2,1-2H3,(H2,15,16,18). The zero-order chi connectivity index (χ0) is 13.2. The summed E-state index contributed by atoms with van der Waals surface area (Å²) >= 11 is 5.23. The molecule has 0 radical (unpaired) electrons. The molecule has 106 valence electrons. The van der Waals surface area contributed by atoms with E-state index in [0.29, 0.717) is 0 Å². The van der Waals surface area contributed by atoms with Gasteiger partial charge < -0.3 is 15.4 Å². The van der Waals surface area contributed by atoms with Gasteiger partial charge in [-0.25, -0.2) is 0 Å². The third-order valence-corrected chi connectivity index (χ3v) is 4.07. The van der Waals surface area contributed by atoms with Crippen LogP contribution in [0.2, 0.25) is 0 Å². The van der Waals surface area contributed by atoms with Gasteiger partial charge >= 0.3 is 0 Å². The smallest absolute Gasteiger partial charge is 0.166 e. The summed E-state index contributed by atoms with van der Waals surface area (Å²) in [4.78, 5) is 0. The minimum atomic E-state index is 0.787. The molecular formula is C14H28N2OS. The molecule has 18 heavy (non-hydrogen) atoms. The predicted octanol–water partition coefficient (Wildman–Crippen LogP) is 2.70. The molecular weight excluding hydrogens is 244 g/mol. The van der Waals surface area contributed by atoms with Crippen LogP contribution in [0.15, 0.2) is 0 Å². The Labute approximate surface area is 117 Å². The lowest BCUT2D eigenvalue weighted by Gasteiger charge is -2.26. The van der Waals surface area contributed by atoms with Gasteiger partial charge in [-0.2, -0.15) is 0 Å². The number of methoxy groups -OCH3 is 1. The van der Waals surface area contributed by atoms with Crippen molar-refractivity contribution in [2.75, 3.05) is 26.8 Å². The average molecular weight is 272 g/mol. The fraction of sp³-hybridized carbons (Fsp3) is 0.929. The van der Waals surface area contributed by atoms with Crippen molar-refractivity contribution in [1.82, 2.24) is 10.6 Å². The van der Waals surface area contributed by atoms with E-state index in [9.17, 15) is 0 Å². The van der Waals surface area contributed by atoms with E-state index in [2.05, 4.69) is 17.6 Å². The highest BCUT2D eigenvalue weighted by atomic mass is 32.1. The first-order valence-electron chi connectivity index (χ1n) is 7.23. The summed E-state index contributed by atoms with van der Waals surface area (Å²) < 4.78 is 4.99. The summed E-state index contributed by atoms with van der Waals surface area (Å²) in [6.07, 6.45) is 7.87. The number of ether oxygens (including phenoxy) is 1. The predicted molar refractivity (Wildman–Crippen MR) is 80.8 cm³/mol. The quantitative estimate of drug-likeness (QED) is 0.551. The Morgan fingerprint density at radius 3 is 2.50 bits per heavy atom. The maximum Gasteiger partial charge on any atom is 0.166 e. The van der Waals surface area contributed by atoms with Crippen molar-refractivity contribution < 1.29 is 4.74 Å². The second-order valence-electron chi connectivity index (χ2n) is 5.44. The highest BCUT2D eigenvalue weighted by molar-refractivity contribution is 7.80. The summed E-state index contributed by atoms with van der Waals surface area (Å²) in [6, 6.07) is 0. The fourth-order valence-electron chi connectivity index (χ4n) is 2.49. The molecule has 0 aromatic rings. The summed E-state index contributed by atoms with van der Waals surface area (Å²) in [5, 5.41) is 7.29. The van der Waals surface area contributed by atoms with Crippen LogP contribution < -0.4 is 10.6 Å². The number of hydrogen-bond acceptors (Lipinski definition) is 2. The minimum absolute atomic E-state index is 0.787. The van der Waals surface area contributed by atoms with Crippen molar-refractivity contribution in [3.05, 3.63) is 0 Å². The third-order valence-electron chi connectivity index (χ3n) is 3.78. The van der Waals surface area contributed by atoms with Crippen LogP contribution in [-0.4, -0.2) is 31.9 Å². The van der Waals surface area contributed by atoms with Gasteiger partial charge in [0, 0.05) is 26.8 Å². The van der Waals surface area contributed by atoms with E-state index < -0.39 is 0 Å². The van der Waals surface area contributed by atoms with Gasteiger partial charge in [-0.3, -0.25) is 0 Å². The van der Waals surface area contributed by atoms with Gasteiger partial charge in [-0.15, -0.1) is 0 Å². The number of thiocarbonyl (C=S) groups is 1. The monoisotopic (exact) mass is 272 g/mol. The number of nitrogens with one attached hydrogen (secondary N) is 2.